The second-order valence-corrected chi connectivity index (χ2v) is 4.48. The zero-order valence-electron chi connectivity index (χ0n) is 9.98. The van der Waals surface area contributed by atoms with Gasteiger partial charge in [-0.25, -0.2) is 9.97 Å². The molecule has 1 atom stereocenters. The second kappa shape index (κ2) is 4.78. The van der Waals surface area contributed by atoms with Crippen molar-refractivity contribution in [1.29, 1.82) is 0 Å². The summed E-state index contributed by atoms with van der Waals surface area (Å²) in [5.74, 6) is 0.774. The van der Waals surface area contributed by atoms with Gasteiger partial charge in [0, 0.05) is 17.9 Å². The summed E-state index contributed by atoms with van der Waals surface area (Å²) >= 11 is 0. The Balaban J connectivity index is 2.26. The number of hydrogen-bond donors (Lipinski definition) is 1. The molecule has 0 amide bonds. The molecule has 1 aromatic heterocycles. The van der Waals surface area contributed by atoms with E-state index >= 15 is 0 Å². The van der Waals surface area contributed by atoms with E-state index in [0.29, 0.717) is 0 Å². The minimum atomic E-state index is 0.190. The SMILES string of the molecule is Cc1cc(C)nc(N2CCCC[C@@H]2CO)n1. The second-order valence-electron chi connectivity index (χ2n) is 4.48. The van der Waals surface area contributed by atoms with Crippen LogP contribution in [0.1, 0.15) is 30.7 Å². The van der Waals surface area contributed by atoms with Crippen LogP contribution >= 0.6 is 0 Å². The molecule has 2 heterocycles. The van der Waals surface area contributed by atoms with Crippen LogP contribution in [0.3, 0.4) is 0 Å². The van der Waals surface area contributed by atoms with Crippen LogP contribution in [0.4, 0.5) is 5.95 Å². The van der Waals surface area contributed by atoms with Crippen molar-refractivity contribution < 1.29 is 5.11 Å². The summed E-state index contributed by atoms with van der Waals surface area (Å²) in [6.07, 6.45) is 3.38. The first-order valence-corrected chi connectivity index (χ1v) is 5.90. The van der Waals surface area contributed by atoms with Gasteiger partial charge in [-0.1, -0.05) is 0 Å². The van der Waals surface area contributed by atoms with Crippen molar-refractivity contribution in [3.8, 4) is 0 Å². The first kappa shape index (κ1) is 11.3. The molecule has 0 aliphatic carbocycles. The van der Waals surface area contributed by atoms with Crippen LogP contribution < -0.4 is 4.90 Å². The summed E-state index contributed by atoms with van der Waals surface area (Å²) < 4.78 is 0. The van der Waals surface area contributed by atoms with Gasteiger partial charge in [-0.05, 0) is 39.2 Å². The number of piperidine rings is 1. The summed E-state index contributed by atoms with van der Waals surface area (Å²) in [5.41, 5.74) is 1.98. The molecule has 1 aliphatic rings. The Labute approximate surface area is 96.3 Å². The van der Waals surface area contributed by atoms with Gasteiger partial charge in [-0.15, -0.1) is 0 Å². The van der Waals surface area contributed by atoms with Crippen molar-refractivity contribution >= 4 is 5.95 Å². The molecule has 4 heteroatoms. The minimum absolute atomic E-state index is 0.190. The molecule has 16 heavy (non-hydrogen) atoms. The van der Waals surface area contributed by atoms with Gasteiger partial charge in [0.1, 0.15) is 0 Å². The smallest absolute Gasteiger partial charge is 0.226 e. The molecule has 1 aromatic rings. The van der Waals surface area contributed by atoms with Gasteiger partial charge in [-0.3, -0.25) is 0 Å². The lowest BCUT2D eigenvalue weighted by molar-refractivity contribution is 0.238. The maximum Gasteiger partial charge on any atom is 0.226 e. The Kier molecular flexibility index (Phi) is 3.39. The zero-order chi connectivity index (χ0) is 11.5. The topological polar surface area (TPSA) is 49.2 Å². The first-order valence-electron chi connectivity index (χ1n) is 5.90. The number of aryl methyl sites for hydroxylation is 2. The summed E-state index contributed by atoms with van der Waals surface area (Å²) in [7, 11) is 0. The van der Waals surface area contributed by atoms with Crippen LogP contribution in [-0.2, 0) is 0 Å². The molecule has 0 unspecified atom stereocenters. The van der Waals surface area contributed by atoms with Crippen LogP contribution in [0.5, 0.6) is 0 Å². The molecule has 0 saturated carbocycles. The van der Waals surface area contributed by atoms with Gasteiger partial charge >= 0.3 is 0 Å². The number of aliphatic hydroxyl groups excluding tert-OH is 1. The van der Waals surface area contributed by atoms with E-state index in [1.807, 2.05) is 19.9 Å². The normalized spacial score (nSPS) is 21.2. The molecule has 1 N–H and O–H groups in total. The van der Waals surface area contributed by atoms with E-state index in [0.717, 1.165) is 36.7 Å². The highest BCUT2D eigenvalue weighted by Crippen LogP contribution is 2.21. The summed E-state index contributed by atoms with van der Waals surface area (Å²) in [5, 5.41) is 9.36. The molecule has 0 radical (unpaired) electrons. The summed E-state index contributed by atoms with van der Waals surface area (Å²) in [6, 6.07) is 2.16. The Hall–Kier alpha value is -1.16. The first-order chi connectivity index (χ1) is 7.70. The Bertz CT molecular complexity index is 347. The van der Waals surface area contributed by atoms with Crippen molar-refractivity contribution in [1.82, 2.24) is 9.97 Å². The maximum absolute atomic E-state index is 9.36. The van der Waals surface area contributed by atoms with Gasteiger partial charge in [0.15, 0.2) is 0 Å². The molecule has 1 saturated heterocycles. The fraction of sp³-hybridized carbons (Fsp3) is 0.667. The van der Waals surface area contributed by atoms with Crippen molar-refractivity contribution in [3.05, 3.63) is 17.5 Å². The lowest BCUT2D eigenvalue weighted by atomic mass is 10.0. The number of aromatic nitrogens is 2. The molecule has 4 nitrogen and oxygen atoms in total. The highest BCUT2D eigenvalue weighted by molar-refractivity contribution is 5.34. The molecular weight excluding hydrogens is 202 g/mol. The molecule has 1 aliphatic heterocycles. The standard InChI is InChI=1S/C12H19N3O/c1-9-7-10(2)14-12(13-9)15-6-4-3-5-11(15)8-16/h7,11,16H,3-6,8H2,1-2H3/t11-/m1/s1. The largest absolute Gasteiger partial charge is 0.394 e. The van der Waals surface area contributed by atoms with E-state index in [1.54, 1.807) is 0 Å². The van der Waals surface area contributed by atoms with Crippen molar-refractivity contribution in [3.63, 3.8) is 0 Å². The van der Waals surface area contributed by atoms with Crippen LogP contribution in [0, 0.1) is 13.8 Å². The third-order valence-electron chi connectivity index (χ3n) is 3.07. The molecule has 0 bridgehead atoms. The number of anilines is 1. The molecule has 88 valence electrons. The van der Waals surface area contributed by atoms with Crippen LogP contribution in [0.15, 0.2) is 6.07 Å². The molecule has 1 fully saturated rings. The average Bonchev–Trinajstić information content (AvgIpc) is 2.27. The van der Waals surface area contributed by atoms with E-state index in [-0.39, 0.29) is 12.6 Å². The number of aliphatic hydroxyl groups is 1. The molecular formula is C12H19N3O. The van der Waals surface area contributed by atoms with Gasteiger partial charge < -0.3 is 10.0 Å². The predicted molar refractivity (Wildman–Crippen MR) is 63.6 cm³/mol. The minimum Gasteiger partial charge on any atom is -0.394 e. The van der Waals surface area contributed by atoms with Gasteiger partial charge in [0.2, 0.25) is 5.95 Å². The zero-order valence-corrected chi connectivity index (χ0v) is 9.98. The van der Waals surface area contributed by atoms with E-state index in [1.165, 1.54) is 6.42 Å². The highest BCUT2D eigenvalue weighted by Gasteiger charge is 2.23. The predicted octanol–water partition coefficient (Wildman–Crippen LogP) is 1.44. The third kappa shape index (κ3) is 2.32. The van der Waals surface area contributed by atoms with Crippen LogP contribution in [0.2, 0.25) is 0 Å². The van der Waals surface area contributed by atoms with Gasteiger partial charge in [0.25, 0.3) is 0 Å². The Morgan fingerprint density at radius 1 is 1.31 bits per heavy atom. The Morgan fingerprint density at radius 3 is 2.62 bits per heavy atom. The monoisotopic (exact) mass is 221 g/mol. The van der Waals surface area contributed by atoms with Crippen molar-refractivity contribution in [2.24, 2.45) is 0 Å². The third-order valence-corrected chi connectivity index (χ3v) is 3.07. The summed E-state index contributed by atoms with van der Waals surface area (Å²) in [4.78, 5) is 11.1. The van der Waals surface area contributed by atoms with Crippen LogP contribution in [0.25, 0.3) is 0 Å². The van der Waals surface area contributed by atoms with Crippen molar-refractivity contribution in [2.45, 2.75) is 39.2 Å². The molecule has 0 aromatic carbocycles. The van der Waals surface area contributed by atoms with E-state index in [9.17, 15) is 5.11 Å². The van der Waals surface area contributed by atoms with E-state index < -0.39 is 0 Å². The Morgan fingerprint density at radius 2 is 2.00 bits per heavy atom. The fourth-order valence-corrected chi connectivity index (χ4v) is 2.29. The number of nitrogens with zero attached hydrogens (tertiary/aromatic N) is 3. The molecule has 2 rings (SSSR count). The van der Waals surface area contributed by atoms with Crippen molar-refractivity contribution in [2.75, 3.05) is 18.1 Å². The number of rotatable bonds is 2. The van der Waals surface area contributed by atoms with Crippen LogP contribution in [-0.4, -0.2) is 34.3 Å². The average molecular weight is 221 g/mol. The lowest BCUT2D eigenvalue weighted by Gasteiger charge is -2.34. The quantitative estimate of drug-likeness (QED) is 0.821. The lowest BCUT2D eigenvalue weighted by Crippen LogP contribution is -2.43. The van der Waals surface area contributed by atoms with E-state index in [4.69, 9.17) is 0 Å². The van der Waals surface area contributed by atoms with Gasteiger partial charge in [-0.2, -0.15) is 0 Å². The van der Waals surface area contributed by atoms with Gasteiger partial charge in [0.05, 0.1) is 12.6 Å². The highest BCUT2D eigenvalue weighted by atomic mass is 16.3. The fourth-order valence-electron chi connectivity index (χ4n) is 2.29. The number of hydrogen-bond acceptors (Lipinski definition) is 4. The molecule has 0 spiro atoms. The maximum atomic E-state index is 9.36. The summed E-state index contributed by atoms with van der Waals surface area (Å²) in [6.45, 7) is 5.11. The van der Waals surface area contributed by atoms with E-state index in [2.05, 4.69) is 14.9 Å².